The molecule has 1 rings (SSSR count). The van der Waals surface area contributed by atoms with Crippen LogP contribution in [0.3, 0.4) is 0 Å². The van der Waals surface area contributed by atoms with Gasteiger partial charge in [-0.05, 0) is 12.1 Å². The molecule has 1 aromatic carbocycles. The minimum absolute atomic E-state index is 0.0139. The van der Waals surface area contributed by atoms with E-state index in [-0.39, 0.29) is 5.25 Å². The lowest BCUT2D eigenvalue weighted by Crippen LogP contribution is -1.95. The molecule has 1 aromatic rings. The van der Waals surface area contributed by atoms with Crippen molar-refractivity contribution in [3.05, 3.63) is 29.8 Å². The Labute approximate surface area is 85.7 Å². The minimum atomic E-state index is -0.584. The fourth-order valence-corrected chi connectivity index (χ4v) is 1.87. The standard InChI is InChI=1S/C10H9F2NS/c1-7(4-5-13)14-10-3-2-8(11)6-9(10)12/h2-3,6-7H,4H2,1H3. The number of nitrogens with zero attached hydrogens (tertiary/aromatic N) is 1. The monoisotopic (exact) mass is 213 g/mol. The maximum absolute atomic E-state index is 13.1. The van der Waals surface area contributed by atoms with Gasteiger partial charge in [-0.1, -0.05) is 6.92 Å². The van der Waals surface area contributed by atoms with Crippen LogP contribution < -0.4 is 0 Å². The first kappa shape index (κ1) is 11.0. The molecule has 0 N–H and O–H groups in total. The fourth-order valence-electron chi connectivity index (χ4n) is 0.958. The Morgan fingerprint density at radius 1 is 1.50 bits per heavy atom. The van der Waals surface area contributed by atoms with Crippen molar-refractivity contribution < 1.29 is 8.78 Å². The molecule has 0 radical (unpaired) electrons. The van der Waals surface area contributed by atoms with E-state index in [0.29, 0.717) is 11.3 Å². The summed E-state index contributed by atoms with van der Waals surface area (Å²) in [5.74, 6) is -1.15. The van der Waals surface area contributed by atoms with Crippen LogP contribution in [-0.4, -0.2) is 5.25 Å². The summed E-state index contributed by atoms with van der Waals surface area (Å²) in [6, 6.07) is 5.45. The highest BCUT2D eigenvalue weighted by atomic mass is 32.2. The van der Waals surface area contributed by atoms with E-state index in [4.69, 9.17) is 5.26 Å². The number of thioether (sulfide) groups is 1. The molecule has 0 saturated heterocycles. The summed E-state index contributed by atoms with van der Waals surface area (Å²) in [6.07, 6.45) is 0.349. The molecule has 4 heteroatoms. The van der Waals surface area contributed by atoms with Gasteiger partial charge in [-0.3, -0.25) is 0 Å². The predicted molar refractivity (Wildman–Crippen MR) is 51.9 cm³/mol. The molecule has 0 heterocycles. The molecule has 1 atom stereocenters. The van der Waals surface area contributed by atoms with Gasteiger partial charge in [0, 0.05) is 22.6 Å². The normalized spacial score (nSPS) is 12.1. The van der Waals surface area contributed by atoms with Crippen LogP contribution in [0.15, 0.2) is 23.1 Å². The highest BCUT2D eigenvalue weighted by Crippen LogP contribution is 2.27. The molecule has 0 saturated carbocycles. The zero-order valence-corrected chi connectivity index (χ0v) is 8.44. The summed E-state index contributed by atoms with van der Waals surface area (Å²) in [7, 11) is 0. The van der Waals surface area contributed by atoms with Gasteiger partial charge in [0.05, 0.1) is 6.07 Å². The van der Waals surface area contributed by atoms with Gasteiger partial charge in [0.15, 0.2) is 0 Å². The predicted octanol–water partition coefficient (Wildman–Crippen LogP) is 3.36. The van der Waals surface area contributed by atoms with Crippen LogP contribution in [-0.2, 0) is 0 Å². The number of hydrogen-bond donors (Lipinski definition) is 0. The van der Waals surface area contributed by atoms with E-state index in [0.717, 1.165) is 6.07 Å². The SMILES string of the molecule is CC(CC#N)Sc1ccc(F)cc1F. The number of nitriles is 1. The maximum Gasteiger partial charge on any atom is 0.139 e. The summed E-state index contributed by atoms with van der Waals surface area (Å²) in [5.41, 5.74) is 0. The molecule has 14 heavy (non-hydrogen) atoms. The summed E-state index contributed by atoms with van der Waals surface area (Å²) in [5, 5.41) is 8.42. The molecule has 0 aliphatic carbocycles. The second-order valence-electron chi connectivity index (χ2n) is 2.87. The smallest absolute Gasteiger partial charge is 0.139 e. The van der Waals surface area contributed by atoms with Crippen molar-refractivity contribution in [2.75, 3.05) is 0 Å². The average molecular weight is 213 g/mol. The first-order valence-corrected chi connectivity index (χ1v) is 5.00. The van der Waals surface area contributed by atoms with E-state index in [1.54, 1.807) is 0 Å². The first-order chi connectivity index (χ1) is 6.63. The van der Waals surface area contributed by atoms with Gasteiger partial charge in [-0.25, -0.2) is 8.78 Å². The lowest BCUT2D eigenvalue weighted by Gasteiger charge is -2.07. The van der Waals surface area contributed by atoms with Crippen LogP contribution in [0.5, 0.6) is 0 Å². The second kappa shape index (κ2) is 4.97. The quantitative estimate of drug-likeness (QED) is 0.719. The number of halogens is 2. The van der Waals surface area contributed by atoms with Crippen molar-refractivity contribution in [2.45, 2.75) is 23.5 Å². The van der Waals surface area contributed by atoms with E-state index in [1.165, 1.54) is 23.9 Å². The van der Waals surface area contributed by atoms with Crippen molar-refractivity contribution in [3.63, 3.8) is 0 Å². The van der Waals surface area contributed by atoms with E-state index < -0.39 is 11.6 Å². The van der Waals surface area contributed by atoms with Crippen molar-refractivity contribution in [2.24, 2.45) is 0 Å². The van der Waals surface area contributed by atoms with E-state index in [2.05, 4.69) is 0 Å². The summed E-state index contributed by atoms with van der Waals surface area (Å²) in [6.45, 7) is 1.83. The molecule has 1 nitrogen and oxygen atoms in total. The van der Waals surface area contributed by atoms with Crippen molar-refractivity contribution in [3.8, 4) is 6.07 Å². The molecule has 0 aromatic heterocycles. The first-order valence-electron chi connectivity index (χ1n) is 4.12. The van der Waals surface area contributed by atoms with Crippen LogP contribution >= 0.6 is 11.8 Å². The van der Waals surface area contributed by atoms with E-state index in [9.17, 15) is 8.78 Å². The lowest BCUT2D eigenvalue weighted by molar-refractivity contribution is 0.565. The molecule has 1 unspecified atom stereocenters. The van der Waals surface area contributed by atoms with Crippen molar-refractivity contribution >= 4 is 11.8 Å². The minimum Gasteiger partial charge on any atom is -0.207 e. The zero-order valence-electron chi connectivity index (χ0n) is 7.63. The third-order valence-electron chi connectivity index (χ3n) is 1.60. The number of benzene rings is 1. The van der Waals surface area contributed by atoms with Crippen LogP contribution in [0.4, 0.5) is 8.78 Å². The van der Waals surface area contributed by atoms with Gasteiger partial charge in [0.2, 0.25) is 0 Å². The van der Waals surface area contributed by atoms with Gasteiger partial charge in [-0.15, -0.1) is 11.8 Å². The average Bonchev–Trinajstić information content (AvgIpc) is 2.10. The summed E-state index contributed by atoms with van der Waals surface area (Å²) >= 11 is 1.24. The van der Waals surface area contributed by atoms with Crippen LogP contribution in [0, 0.1) is 23.0 Å². The molecule has 74 valence electrons. The third kappa shape index (κ3) is 3.00. The van der Waals surface area contributed by atoms with Crippen molar-refractivity contribution in [1.29, 1.82) is 5.26 Å². The Hall–Kier alpha value is -1.08. The topological polar surface area (TPSA) is 23.8 Å². The molecule has 0 spiro atoms. The molecular formula is C10H9F2NS. The molecule has 0 bridgehead atoms. The summed E-state index contributed by atoms with van der Waals surface area (Å²) in [4.78, 5) is 0.383. The van der Waals surface area contributed by atoms with Gasteiger partial charge < -0.3 is 0 Å². The summed E-state index contributed by atoms with van der Waals surface area (Å²) < 4.78 is 25.6. The lowest BCUT2D eigenvalue weighted by atomic mass is 10.3. The van der Waals surface area contributed by atoms with Crippen molar-refractivity contribution in [1.82, 2.24) is 0 Å². The fraction of sp³-hybridized carbons (Fsp3) is 0.300. The Morgan fingerprint density at radius 2 is 2.21 bits per heavy atom. The maximum atomic E-state index is 13.1. The molecule has 0 amide bonds. The highest BCUT2D eigenvalue weighted by Gasteiger charge is 2.08. The number of hydrogen-bond acceptors (Lipinski definition) is 2. The Morgan fingerprint density at radius 3 is 2.79 bits per heavy atom. The van der Waals surface area contributed by atoms with Gasteiger partial charge in [0.1, 0.15) is 11.6 Å². The van der Waals surface area contributed by atoms with Gasteiger partial charge in [0.25, 0.3) is 0 Å². The molecular weight excluding hydrogens is 204 g/mol. The number of rotatable bonds is 3. The highest BCUT2D eigenvalue weighted by molar-refractivity contribution is 8.00. The largest absolute Gasteiger partial charge is 0.207 e. The Bertz CT molecular complexity index is 360. The molecule has 0 aliphatic rings. The Balaban J connectivity index is 2.73. The van der Waals surface area contributed by atoms with Crippen LogP contribution in [0.1, 0.15) is 13.3 Å². The van der Waals surface area contributed by atoms with E-state index in [1.807, 2.05) is 13.0 Å². The zero-order chi connectivity index (χ0) is 10.6. The van der Waals surface area contributed by atoms with Crippen LogP contribution in [0.2, 0.25) is 0 Å². The molecule has 0 fully saturated rings. The third-order valence-corrected chi connectivity index (χ3v) is 2.75. The Kier molecular flexibility index (Phi) is 3.90. The van der Waals surface area contributed by atoms with Crippen LogP contribution in [0.25, 0.3) is 0 Å². The van der Waals surface area contributed by atoms with Gasteiger partial charge >= 0.3 is 0 Å². The molecule has 0 aliphatic heterocycles. The second-order valence-corrected chi connectivity index (χ2v) is 4.35. The van der Waals surface area contributed by atoms with Gasteiger partial charge in [-0.2, -0.15) is 5.26 Å². The van der Waals surface area contributed by atoms with E-state index >= 15 is 0 Å².